The van der Waals surface area contributed by atoms with Gasteiger partial charge in [0.05, 0.1) is 6.42 Å². The highest BCUT2D eigenvalue weighted by molar-refractivity contribution is 5.78. The predicted molar refractivity (Wildman–Crippen MR) is 72.0 cm³/mol. The van der Waals surface area contributed by atoms with Gasteiger partial charge in [-0.25, -0.2) is 0 Å². The Morgan fingerprint density at radius 2 is 1.94 bits per heavy atom. The Morgan fingerprint density at radius 1 is 1.18 bits per heavy atom. The molecule has 1 aromatic rings. The second-order valence-corrected chi connectivity index (χ2v) is 4.51. The van der Waals surface area contributed by atoms with Crippen LogP contribution in [0.25, 0.3) is 0 Å². The molecule has 0 saturated heterocycles. The number of unbranched alkanes of at least 4 members (excludes halogenated alkanes) is 3. The van der Waals surface area contributed by atoms with Crippen LogP contribution in [-0.4, -0.2) is 12.5 Å². The Morgan fingerprint density at radius 3 is 2.65 bits per heavy atom. The van der Waals surface area contributed by atoms with E-state index in [1.165, 1.54) is 24.8 Å². The summed E-state index contributed by atoms with van der Waals surface area (Å²) in [6.45, 7) is 5.05. The maximum atomic E-state index is 11.7. The normalized spacial score (nSPS) is 10.2. The standard InChI is InChI=1S/C15H23NO/c1-3-4-5-8-11-16-15(17)12-14-10-7-6-9-13(14)2/h6-7,9-10H,3-5,8,11-12H2,1-2H3,(H,16,17). The highest BCUT2D eigenvalue weighted by Crippen LogP contribution is 2.07. The van der Waals surface area contributed by atoms with E-state index in [1.54, 1.807) is 0 Å². The highest BCUT2D eigenvalue weighted by Gasteiger charge is 2.04. The SMILES string of the molecule is CCCCCCNC(=O)Cc1ccccc1C. The minimum atomic E-state index is 0.135. The van der Waals surface area contributed by atoms with Crippen LogP contribution in [0.3, 0.4) is 0 Å². The molecule has 1 rings (SSSR count). The summed E-state index contributed by atoms with van der Waals surface area (Å²) < 4.78 is 0. The van der Waals surface area contributed by atoms with Crippen molar-refractivity contribution in [2.24, 2.45) is 0 Å². The van der Waals surface area contributed by atoms with Crippen molar-refractivity contribution in [3.63, 3.8) is 0 Å². The van der Waals surface area contributed by atoms with Crippen molar-refractivity contribution in [1.82, 2.24) is 5.32 Å². The summed E-state index contributed by atoms with van der Waals surface area (Å²) in [6.07, 6.45) is 5.29. The van der Waals surface area contributed by atoms with Gasteiger partial charge in [0.2, 0.25) is 5.91 Å². The molecule has 0 aliphatic rings. The van der Waals surface area contributed by atoms with E-state index in [9.17, 15) is 4.79 Å². The molecule has 0 aliphatic heterocycles. The van der Waals surface area contributed by atoms with Crippen LogP contribution in [0.15, 0.2) is 24.3 Å². The fourth-order valence-corrected chi connectivity index (χ4v) is 1.82. The number of carbonyl (C=O) groups excluding carboxylic acids is 1. The van der Waals surface area contributed by atoms with Crippen LogP contribution in [-0.2, 0) is 11.2 Å². The summed E-state index contributed by atoms with van der Waals surface area (Å²) in [5.74, 6) is 0.135. The number of hydrogen-bond donors (Lipinski definition) is 1. The molecular formula is C15H23NO. The first kappa shape index (κ1) is 13.8. The quantitative estimate of drug-likeness (QED) is 0.720. The highest BCUT2D eigenvalue weighted by atomic mass is 16.1. The summed E-state index contributed by atoms with van der Waals surface area (Å²) in [6, 6.07) is 8.05. The van der Waals surface area contributed by atoms with Crippen LogP contribution in [0.1, 0.15) is 43.7 Å². The topological polar surface area (TPSA) is 29.1 Å². The first-order chi connectivity index (χ1) is 8.24. The number of hydrogen-bond acceptors (Lipinski definition) is 1. The van der Waals surface area contributed by atoms with Gasteiger partial charge in [-0.15, -0.1) is 0 Å². The van der Waals surface area contributed by atoms with Gasteiger partial charge in [-0.3, -0.25) is 4.79 Å². The minimum absolute atomic E-state index is 0.135. The van der Waals surface area contributed by atoms with Crippen LogP contribution in [0.2, 0.25) is 0 Å². The van der Waals surface area contributed by atoms with E-state index < -0.39 is 0 Å². The van der Waals surface area contributed by atoms with Gasteiger partial charge >= 0.3 is 0 Å². The lowest BCUT2D eigenvalue weighted by Gasteiger charge is -2.07. The van der Waals surface area contributed by atoms with Crippen molar-refractivity contribution >= 4 is 5.91 Å². The average Bonchev–Trinajstić information content (AvgIpc) is 2.32. The van der Waals surface area contributed by atoms with Crippen molar-refractivity contribution in [2.45, 2.75) is 46.0 Å². The van der Waals surface area contributed by atoms with E-state index in [0.29, 0.717) is 6.42 Å². The molecule has 0 aliphatic carbocycles. The van der Waals surface area contributed by atoms with E-state index in [-0.39, 0.29) is 5.91 Å². The zero-order valence-corrected chi connectivity index (χ0v) is 11.0. The first-order valence-electron chi connectivity index (χ1n) is 6.55. The van der Waals surface area contributed by atoms with Crippen LogP contribution in [0, 0.1) is 6.92 Å². The molecule has 0 fully saturated rings. The predicted octanol–water partition coefficient (Wildman–Crippen LogP) is 3.23. The van der Waals surface area contributed by atoms with Gasteiger partial charge in [0.1, 0.15) is 0 Å². The molecule has 1 N–H and O–H groups in total. The van der Waals surface area contributed by atoms with E-state index in [0.717, 1.165) is 18.5 Å². The summed E-state index contributed by atoms with van der Waals surface area (Å²) in [5.41, 5.74) is 2.31. The van der Waals surface area contributed by atoms with Crippen molar-refractivity contribution < 1.29 is 4.79 Å². The van der Waals surface area contributed by atoms with E-state index in [1.807, 2.05) is 31.2 Å². The Balaban J connectivity index is 2.23. The number of aryl methyl sites for hydroxylation is 1. The average molecular weight is 233 g/mol. The lowest BCUT2D eigenvalue weighted by Crippen LogP contribution is -2.26. The maximum Gasteiger partial charge on any atom is 0.224 e. The summed E-state index contributed by atoms with van der Waals surface area (Å²) in [4.78, 5) is 11.7. The van der Waals surface area contributed by atoms with Gasteiger partial charge in [0, 0.05) is 6.54 Å². The number of carbonyl (C=O) groups is 1. The number of nitrogens with one attached hydrogen (secondary N) is 1. The second-order valence-electron chi connectivity index (χ2n) is 4.51. The fraction of sp³-hybridized carbons (Fsp3) is 0.533. The minimum Gasteiger partial charge on any atom is -0.356 e. The third-order valence-corrected chi connectivity index (χ3v) is 2.96. The third-order valence-electron chi connectivity index (χ3n) is 2.96. The molecule has 0 saturated carbocycles. The number of amides is 1. The van der Waals surface area contributed by atoms with E-state index in [2.05, 4.69) is 12.2 Å². The van der Waals surface area contributed by atoms with E-state index >= 15 is 0 Å². The number of rotatable bonds is 7. The summed E-state index contributed by atoms with van der Waals surface area (Å²) in [5, 5.41) is 2.98. The van der Waals surface area contributed by atoms with Crippen molar-refractivity contribution in [2.75, 3.05) is 6.54 Å². The van der Waals surface area contributed by atoms with Crippen molar-refractivity contribution in [1.29, 1.82) is 0 Å². The summed E-state index contributed by atoms with van der Waals surface area (Å²) >= 11 is 0. The molecule has 94 valence electrons. The molecule has 0 bridgehead atoms. The zero-order chi connectivity index (χ0) is 12.5. The lowest BCUT2D eigenvalue weighted by molar-refractivity contribution is -0.120. The van der Waals surface area contributed by atoms with Gasteiger partial charge < -0.3 is 5.32 Å². The van der Waals surface area contributed by atoms with Crippen molar-refractivity contribution in [3.05, 3.63) is 35.4 Å². The molecular weight excluding hydrogens is 210 g/mol. The van der Waals surface area contributed by atoms with Gasteiger partial charge in [0.25, 0.3) is 0 Å². The van der Waals surface area contributed by atoms with Gasteiger partial charge in [-0.05, 0) is 24.5 Å². The van der Waals surface area contributed by atoms with Crippen LogP contribution in [0.4, 0.5) is 0 Å². The third kappa shape index (κ3) is 5.53. The molecule has 0 radical (unpaired) electrons. The number of benzene rings is 1. The van der Waals surface area contributed by atoms with Crippen LogP contribution < -0.4 is 5.32 Å². The Labute approximate surface area is 104 Å². The molecule has 17 heavy (non-hydrogen) atoms. The van der Waals surface area contributed by atoms with Crippen LogP contribution >= 0.6 is 0 Å². The molecule has 0 aromatic heterocycles. The van der Waals surface area contributed by atoms with E-state index in [4.69, 9.17) is 0 Å². The van der Waals surface area contributed by atoms with Crippen LogP contribution in [0.5, 0.6) is 0 Å². The molecule has 0 spiro atoms. The van der Waals surface area contributed by atoms with Crippen molar-refractivity contribution in [3.8, 4) is 0 Å². The Bertz CT molecular complexity index is 347. The largest absolute Gasteiger partial charge is 0.356 e. The zero-order valence-electron chi connectivity index (χ0n) is 11.0. The molecule has 2 nitrogen and oxygen atoms in total. The smallest absolute Gasteiger partial charge is 0.224 e. The molecule has 0 atom stereocenters. The lowest BCUT2D eigenvalue weighted by atomic mass is 10.1. The van der Waals surface area contributed by atoms with Gasteiger partial charge in [0.15, 0.2) is 0 Å². The molecule has 0 heterocycles. The molecule has 0 unspecified atom stereocenters. The maximum absolute atomic E-state index is 11.7. The fourth-order valence-electron chi connectivity index (χ4n) is 1.82. The Kier molecular flexibility index (Phi) is 6.38. The monoisotopic (exact) mass is 233 g/mol. The Hall–Kier alpha value is -1.31. The second kappa shape index (κ2) is 7.88. The van der Waals surface area contributed by atoms with Gasteiger partial charge in [-0.1, -0.05) is 50.5 Å². The molecule has 2 heteroatoms. The molecule has 1 amide bonds. The van der Waals surface area contributed by atoms with Gasteiger partial charge in [-0.2, -0.15) is 0 Å². The summed E-state index contributed by atoms with van der Waals surface area (Å²) in [7, 11) is 0. The molecule has 1 aromatic carbocycles. The first-order valence-corrected chi connectivity index (χ1v) is 6.55.